The maximum absolute atomic E-state index is 11.0. The number of pyridine rings is 1. The summed E-state index contributed by atoms with van der Waals surface area (Å²) in [5.74, 6) is 0.275. The van der Waals surface area contributed by atoms with E-state index in [0.717, 1.165) is 22.9 Å². The van der Waals surface area contributed by atoms with E-state index in [4.69, 9.17) is 10.1 Å². The average Bonchev–Trinajstić information content (AvgIpc) is 3.03. The van der Waals surface area contributed by atoms with Gasteiger partial charge in [-0.25, -0.2) is 14.5 Å². The molecular formula is C17H16N8O2. The van der Waals surface area contributed by atoms with Gasteiger partial charge in [0, 0.05) is 12.4 Å². The molecule has 1 saturated carbocycles. The molecule has 0 atom stereocenters. The number of carboxylic acids is 1. The van der Waals surface area contributed by atoms with Crippen molar-refractivity contribution in [1.82, 2.24) is 39.1 Å². The van der Waals surface area contributed by atoms with E-state index in [0.29, 0.717) is 12.5 Å². The Morgan fingerprint density at radius 2 is 2.11 bits per heavy atom. The topological polar surface area (TPSA) is 116 Å². The summed E-state index contributed by atoms with van der Waals surface area (Å²) in [5.41, 5.74) is 3.66. The Morgan fingerprint density at radius 1 is 1.26 bits per heavy atom. The Labute approximate surface area is 153 Å². The monoisotopic (exact) mass is 364 g/mol. The van der Waals surface area contributed by atoms with Gasteiger partial charge in [-0.05, 0) is 37.3 Å². The van der Waals surface area contributed by atoms with Crippen LogP contribution in [-0.2, 0) is 6.54 Å². The molecule has 0 saturated heterocycles. The minimum absolute atomic E-state index is 0.0874. The van der Waals surface area contributed by atoms with Gasteiger partial charge in [0.25, 0.3) is 0 Å². The standard InChI is InChI=1S/C17H16N8O2/c1-10-20-18-9-25(10)15-4-12(11-2-3-11)5-23-6-13(19-16(15)23)7-24-8-14(17(26)27)21-22-24/h4-6,8-9,11H,2-3,7H2,1H3,(H,26,27). The van der Waals surface area contributed by atoms with Gasteiger partial charge in [0.2, 0.25) is 0 Å². The molecule has 1 N–H and O–H groups in total. The molecule has 10 nitrogen and oxygen atoms in total. The van der Waals surface area contributed by atoms with Gasteiger partial charge in [-0.3, -0.25) is 4.57 Å². The maximum atomic E-state index is 11.0. The van der Waals surface area contributed by atoms with Crippen LogP contribution in [0.25, 0.3) is 11.3 Å². The van der Waals surface area contributed by atoms with E-state index < -0.39 is 5.97 Å². The van der Waals surface area contributed by atoms with Crippen molar-refractivity contribution in [2.24, 2.45) is 0 Å². The van der Waals surface area contributed by atoms with E-state index in [1.807, 2.05) is 22.1 Å². The van der Waals surface area contributed by atoms with Crippen LogP contribution in [0, 0.1) is 6.92 Å². The number of imidazole rings is 1. The molecule has 1 aliphatic rings. The fourth-order valence-corrected chi connectivity index (χ4v) is 3.21. The highest BCUT2D eigenvalue weighted by atomic mass is 16.4. The van der Waals surface area contributed by atoms with E-state index in [-0.39, 0.29) is 5.69 Å². The number of nitrogens with zero attached hydrogens (tertiary/aromatic N) is 8. The van der Waals surface area contributed by atoms with Crippen molar-refractivity contribution in [1.29, 1.82) is 0 Å². The van der Waals surface area contributed by atoms with E-state index in [2.05, 4.69) is 32.8 Å². The average molecular weight is 364 g/mol. The minimum Gasteiger partial charge on any atom is -0.476 e. The van der Waals surface area contributed by atoms with Crippen LogP contribution in [0.3, 0.4) is 0 Å². The third-order valence-corrected chi connectivity index (χ3v) is 4.71. The fraction of sp³-hybridized carbons (Fsp3) is 0.294. The Morgan fingerprint density at radius 3 is 2.78 bits per heavy atom. The molecule has 0 aromatic carbocycles. The lowest BCUT2D eigenvalue weighted by Crippen LogP contribution is -2.02. The van der Waals surface area contributed by atoms with E-state index in [9.17, 15) is 4.79 Å². The lowest BCUT2D eigenvalue weighted by molar-refractivity contribution is 0.0690. The first-order valence-electron chi connectivity index (χ1n) is 8.60. The van der Waals surface area contributed by atoms with Crippen LogP contribution >= 0.6 is 0 Å². The number of hydrogen-bond acceptors (Lipinski definition) is 6. The molecule has 0 aliphatic heterocycles. The van der Waals surface area contributed by atoms with Crippen LogP contribution in [0.1, 0.15) is 46.3 Å². The molecular weight excluding hydrogens is 348 g/mol. The molecule has 0 amide bonds. The number of rotatable bonds is 5. The van der Waals surface area contributed by atoms with Gasteiger partial charge < -0.3 is 9.51 Å². The normalized spacial score (nSPS) is 14.1. The molecule has 136 valence electrons. The third kappa shape index (κ3) is 2.75. The molecule has 10 heteroatoms. The quantitative estimate of drug-likeness (QED) is 0.569. The zero-order valence-corrected chi connectivity index (χ0v) is 14.5. The number of fused-ring (bicyclic) bond motifs is 1. The summed E-state index contributed by atoms with van der Waals surface area (Å²) in [5, 5.41) is 24.5. The fourth-order valence-electron chi connectivity index (χ4n) is 3.21. The van der Waals surface area contributed by atoms with Gasteiger partial charge in [0.1, 0.15) is 12.2 Å². The highest BCUT2D eigenvalue weighted by molar-refractivity contribution is 5.84. The number of carbonyl (C=O) groups is 1. The highest BCUT2D eigenvalue weighted by Gasteiger charge is 2.25. The molecule has 27 heavy (non-hydrogen) atoms. The van der Waals surface area contributed by atoms with Crippen LogP contribution < -0.4 is 0 Å². The van der Waals surface area contributed by atoms with Crippen LogP contribution in [0.5, 0.6) is 0 Å². The first-order chi connectivity index (χ1) is 13.1. The first-order valence-corrected chi connectivity index (χ1v) is 8.60. The lowest BCUT2D eigenvalue weighted by atomic mass is 10.2. The van der Waals surface area contributed by atoms with Crippen molar-refractivity contribution in [2.45, 2.75) is 32.2 Å². The van der Waals surface area contributed by atoms with Crippen LogP contribution in [0.2, 0.25) is 0 Å². The molecule has 4 aromatic heterocycles. The molecule has 0 radical (unpaired) electrons. The molecule has 4 aromatic rings. The molecule has 1 fully saturated rings. The van der Waals surface area contributed by atoms with Crippen molar-refractivity contribution in [3.8, 4) is 5.69 Å². The number of aromatic nitrogens is 8. The predicted octanol–water partition coefficient (Wildman–Crippen LogP) is 1.44. The van der Waals surface area contributed by atoms with Crippen LogP contribution in [-0.4, -0.2) is 50.2 Å². The smallest absolute Gasteiger partial charge is 0.358 e. The zero-order chi connectivity index (χ0) is 18.5. The Hall–Kier alpha value is -3.56. The zero-order valence-electron chi connectivity index (χ0n) is 14.5. The Balaban J connectivity index is 1.59. The van der Waals surface area contributed by atoms with Crippen LogP contribution in [0.4, 0.5) is 0 Å². The summed E-state index contributed by atoms with van der Waals surface area (Å²) >= 11 is 0. The Bertz CT molecular complexity index is 1170. The van der Waals surface area contributed by atoms with Crippen molar-refractivity contribution in [3.05, 3.63) is 53.8 Å². The molecule has 1 aliphatic carbocycles. The van der Waals surface area contributed by atoms with Crippen LogP contribution in [0.15, 0.2) is 31.0 Å². The summed E-state index contributed by atoms with van der Waals surface area (Å²) in [7, 11) is 0. The van der Waals surface area contributed by atoms with Crippen molar-refractivity contribution >= 4 is 11.6 Å². The second-order valence-corrected chi connectivity index (χ2v) is 6.75. The van der Waals surface area contributed by atoms with E-state index in [1.165, 1.54) is 29.3 Å². The van der Waals surface area contributed by atoms with Crippen molar-refractivity contribution < 1.29 is 9.90 Å². The summed E-state index contributed by atoms with van der Waals surface area (Å²) < 4.78 is 5.40. The predicted molar refractivity (Wildman–Crippen MR) is 92.9 cm³/mol. The first kappa shape index (κ1) is 15.7. The summed E-state index contributed by atoms with van der Waals surface area (Å²) in [6, 6.07) is 2.15. The maximum Gasteiger partial charge on any atom is 0.358 e. The number of hydrogen-bond donors (Lipinski definition) is 1. The summed E-state index contributed by atoms with van der Waals surface area (Å²) in [4.78, 5) is 15.7. The second kappa shape index (κ2) is 5.73. The minimum atomic E-state index is -1.10. The van der Waals surface area contributed by atoms with Gasteiger partial charge in [-0.15, -0.1) is 15.3 Å². The third-order valence-electron chi connectivity index (χ3n) is 4.71. The largest absolute Gasteiger partial charge is 0.476 e. The summed E-state index contributed by atoms with van der Waals surface area (Å²) in [6.07, 6.45) is 9.53. The van der Waals surface area contributed by atoms with Gasteiger partial charge in [0.05, 0.1) is 24.1 Å². The summed E-state index contributed by atoms with van der Waals surface area (Å²) in [6.45, 7) is 2.24. The molecule has 4 heterocycles. The van der Waals surface area contributed by atoms with Gasteiger partial charge in [0.15, 0.2) is 11.3 Å². The molecule has 5 rings (SSSR count). The van der Waals surface area contributed by atoms with Crippen molar-refractivity contribution in [3.63, 3.8) is 0 Å². The van der Waals surface area contributed by atoms with E-state index >= 15 is 0 Å². The number of aryl methyl sites for hydroxylation is 1. The van der Waals surface area contributed by atoms with Gasteiger partial charge in [-0.2, -0.15) is 0 Å². The van der Waals surface area contributed by atoms with Gasteiger partial charge >= 0.3 is 5.97 Å². The number of carboxylic acid groups (broad SMARTS) is 1. The highest BCUT2D eigenvalue weighted by Crippen LogP contribution is 2.41. The van der Waals surface area contributed by atoms with Gasteiger partial charge in [-0.1, -0.05) is 5.21 Å². The molecule has 0 unspecified atom stereocenters. The Kier molecular flexibility index (Phi) is 3.33. The van der Waals surface area contributed by atoms with Crippen molar-refractivity contribution in [2.75, 3.05) is 0 Å². The second-order valence-electron chi connectivity index (χ2n) is 6.75. The lowest BCUT2D eigenvalue weighted by Gasteiger charge is -2.09. The van der Waals surface area contributed by atoms with E-state index in [1.54, 1.807) is 6.33 Å². The SMILES string of the molecule is Cc1nncn1-c1cc(C2CC2)cn2cc(Cn3cc(C(=O)O)nn3)nc12. The number of aromatic carboxylic acids is 1. The molecule has 0 bridgehead atoms. The molecule has 0 spiro atoms.